The van der Waals surface area contributed by atoms with E-state index in [1.807, 2.05) is 0 Å². The Balaban J connectivity index is 2.10. The van der Waals surface area contributed by atoms with Crippen LogP contribution >= 0.6 is 0 Å². The Bertz CT molecular complexity index is 369. The zero-order chi connectivity index (χ0) is 9.76. The summed E-state index contributed by atoms with van der Waals surface area (Å²) in [4.78, 5) is 0. The zero-order valence-electron chi connectivity index (χ0n) is 8.08. The van der Waals surface area contributed by atoms with Gasteiger partial charge in [-0.05, 0) is 25.7 Å². The smallest absolute Gasteiger partial charge is 0.106 e. The van der Waals surface area contributed by atoms with E-state index >= 15 is 0 Å². The van der Waals surface area contributed by atoms with Crippen molar-refractivity contribution in [2.45, 2.75) is 37.2 Å². The third-order valence-electron chi connectivity index (χ3n) is 3.42. The molecule has 0 bridgehead atoms. The highest BCUT2D eigenvalue weighted by Gasteiger charge is 2.43. The Hall–Kier alpha value is -0.870. The summed E-state index contributed by atoms with van der Waals surface area (Å²) in [5.41, 5.74) is 8.02. The summed E-state index contributed by atoms with van der Waals surface area (Å²) in [6, 6.07) is 0. The van der Waals surface area contributed by atoms with Gasteiger partial charge in [-0.15, -0.1) is 0 Å². The Morgan fingerprint density at radius 2 is 2.36 bits per heavy atom. The molecule has 0 saturated heterocycles. The standard InChI is InChI=1S/C10H15N3O/c11-5-10(14)4-3-7-8(10)9(13-12-7)6-1-2-6/h6,14H,1-5,11H2,(H,12,13). The van der Waals surface area contributed by atoms with Gasteiger partial charge in [-0.1, -0.05) is 0 Å². The van der Waals surface area contributed by atoms with Crippen LogP contribution in [0.1, 0.15) is 42.1 Å². The molecule has 4 N–H and O–H groups in total. The predicted octanol–water partition coefficient (Wildman–Crippen LogP) is 0.380. The maximum Gasteiger partial charge on any atom is 0.106 e. The molecule has 4 heteroatoms. The zero-order valence-corrected chi connectivity index (χ0v) is 8.08. The highest BCUT2D eigenvalue weighted by Crippen LogP contribution is 2.47. The summed E-state index contributed by atoms with van der Waals surface area (Å²) in [6.07, 6.45) is 4.03. The Kier molecular flexibility index (Phi) is 1.56. The largest absolute Gasteiger partial charge is 0.384 e. The van der Waals surface area contributed by atoms with E-state index in [1.165, 1.54) is 12.8 Å². The van der Waals surface area contributed by atoms with Gasteiger partial charge in [-0.25, -0.2) is 0 Å². The molecule has 3 rings (SSSR count). The van der Waals surface area contributed by atoms with E-state index in [9.17, 15) is 5.11 Å². The monoisotopic (exact) mass is 193 g/mol. The second kappa shape index (κ2) is 2.58. The van der Waals surface area contributed by atoms with Crippen molar-refractivity contribution in [3.63, 3.8) is 0 Å². The van der Waals surface area contributed by atoms with Gasteiger partial charge in [-0.2, -0.15) is 5.10 Å². The average molecular weight is 193 g/mol. The van der Waals surface area contributed by atoms with Gasteiger partial charge in [0.1, 0.15) is 5.60 Å². The minimum Gasteiger partial charge on any atom is -0.384 e. The first-order valence-corrected chi connectivity index (χ1v) is 5.24. The summed E-state index contributed by atoms with van der Waals surface area (Å²) < 4.78 is 0. The molecule has 2 aliphatic rings. The van der Waals surface area contributed by atoms with Crippen LogP contribution in [-0.4, -0.2) is 21.8 Å². The lowest BCUT2D eigenvalue weighted by Gasteiger charge is -2.21. The number of hydrogen-bond acceptors (Lipinski definition) is 3. The lowest BCUT2D eigenvalue weighted by atomic mass is 9.95. The highest BCUT2D eigenvalue weighted by atomic mass is 16.3. The normalized spacial score (nSPS) is 30.7. The summed E-state index contributed by atoms with van der Waals surface area (Å²) >= 11 is 0. The van der Waals surface area contributed by atoms with Gasteiger partial charge in [0.15, 0.2) is 0 Å². The number of aromatic amines is 1. The molecule has 1 aromatic heterocycles. The van der Waals surface area contributed by atoms with Crippen LogP contribution in [0, 0.1) is 0 Å². The number of nitrogens with zero attached hydrogens (tertiary/aromatic N) is 1. The van der Waals surface area contributed by atoms with Gasteiger partial charge in [0.2, 0.25) is 0 Å². The van der Waals surface area contributed by atoms with Gasteiger partial charge < -0.3 is 10.8 Å². The number of H-pyrrole nitrogens is 1. The van der Waals surface area contributed by atoms with E-state index in [2.05, 4.69) is 10.2 Å². The molecule has 0 radical (unpaired) electrons. The van der Waals surface area contributed by atoms with Gasteiger partial charge in [-0.3, -0.25) is 5.10 Å². The van der Waals surface area contributed by atoms with E-state index in [4.69, 9.17) is 5.73 Å². The lowest BCUT2D eigenvalue weighted by Crippen LogP contribution is -2.33. The third kappa shape index (κ3) is 0.980. The summed E-state index contributed by atoms with van der Waals surface area (Å²) in [5, 5.41) is 17.6. The second-order valence-electron chi connectivity index (χ2n) is 4.47. The van der Waals surface area contributed by atoms with Crippen molar-refractivity contribution in [2.75, 3.05) is 6.54 Å². The first-order chi connectivity index (χ1) is 6.74. The number of hydrogen-bond donors (Lipinski definition) is 3. The number of nitrogens with one attached hydrogen (secondary N) is 1. The Labute approximate surface area is 82.5 Å². The fourth-order valence-corrected chi connectivity index (χ4v) is 2.41. The number of aryl methyl sites for hydroxylation is 1. The molecular weight excluding hydrogens is 178 g/mol. The fraction of sp³-hybridized carbons (Fsp3) is 0.700. The number of aromatic nitrogens is 2. The maximum absolute atomic E-state index is 10.3. The summed E-state index contributed by atoms with van der Waals surface area (Å²) in [5.74, 6) is 0.575. The van der Waals surface area contributed by atoms with Crippen LogP contribution in [0.2, 0.25) is 0 Å². The molecule has 0 spiro atoms. The highest BCUT2D eigenvalue weighted by molar-refractivity contribution is 5.40. The summed E-state index contributed by atoms with van der Waals surface area (Å²) in [6.45, 7) is 0.305. The van der Waals surface area contributed by atoms with Gasteiger partial charge in [0, 0.05) is 23.7 Å². The van der Waals surface area contributed by atoms with E-state index in [-0.39, 0.29) is 0 Å². The Morgan fingerprint density at radius 1 is 1.57 bits per heavy atom. The molecule has 14 heavy (non-hydrogen) atoms. The Morgan fingerprint density at radius 3 is 3.00 bits per heavy atom. The summed E-state index contributed by atoms with van der Waals surface area (Å²) in [7, 11) is 0. The molecule has 1 aromatic rings. The van der Waals surface area contributed by atoms with Gasteiger partial charge in [0.25, 0.3) is 0 Å². The van der Waals surface area contributed by atoms with Crippen molar-refractivity contribution < 1.29 is 5.11 Å². The van der Waals surface area contributed by atoms with Gasteiger partial charge in [0.05, 0.1) is 5.69 Å². The molecule has 0 aromatic carbocycles. The molecule has 1 heterocycles. The van der Waals surface area contributed by atoms with Crippen LogP contribution in [0.4, 0.5) is 0 Å². The molecule has 1 atom stereocenters. The van der Waals surface area contributed by atoms with Crippen molar-refractivity contribution in [1.29, 1.82) is 0 Å². The van der Waals surface area contributed by atoms with Crippen LogP contribution in [0.15, 0.2) is 0 Å². The predicted molar refractivity (Wildman–Crippen MR) is 51.8 cm³/mol. The minimum atomic E-state index is -0.805. The molecule has 1 saturated carbocycles. The molecule has 4 nitrogen and oxygen atoms in total. The van der Waals surface area contributed by atoms with Crippen LogP contribution in [-0.2, 0) is 12.0 Å². The van der Waals surface area contributed by atoms with E-state index in [0.29, 0.717) is 12.5 Å². The first kappa shape index (κ1) is 8.44. The van der Waals surface area contributed by atoms with Crippen LogP contribution in [0.3, 0.4) is 0 Å². The van der Waals surface area contributed by atoms with Crippen LogP contribution in [0.5, 0.6) is 0 Å². The molecule has 0 aliphatic heterocycles. The molecule has 76 valence electrons. The fourth-order valence-electron chi connectivity index (χ4n) is 2.41. The molecular formula is C10H15N3O. The van der Waals surface area contributed by atoms with Crippen molar-refractivity contribution in [2.24, 2.45) is 5.73 Å². The molecule has 2 aliphatic carbocycles. The van der Waals surface area contributed by atoms with Crippen molar-refractivity contribution in [1.82, 2.24) is 10.2 Å². The maximum atomic E-state index is 10.3. The quantitative estimate of drug-likeness (QED) is 0.635. The van der Waals surface area contributed by atoms with E-state index in [0.717, 1.165) is 29.8 Å². The number of nitrogens with two attached hydrogens (primary N) is 1. The molecule has 1 fully saturated rings. The third-order valence-corrected chi connectivity index (χ3v) is 3.42. The lowest BCUT2D eigenvalue weighted by molar-refractivity contribution is 0.0470. The van der Waals surface area contributed by atoms with Crippen LogP contribution < -0.4 is 5.73 Å². The number of rotatable bonds is 2. The van der Waals surface area contributed by atoms with Crippen molar-refractivity contribution in [3.8, 4) is 0 Å². The molecule has 1 unspecified atom stereocenters. The topological polar surface area (TPSA) is 74.9 Å². The average Bonchev–Trinajstić information content (AvgIpc) is 2.85. The number of aliphatic hydroxyl groups is 1. The first-order valence-electron chi connectivity index (χ1n) is 5.24. The van der Waals surface area contributed by atoms with E-state index < -0.39 is 5.60 Å². The van der Waals surface area contributed by atoms with E-state index in [1.54, 1.807) is 0 Å². The van der Waals surface area contributed by atoms with Gasteiger partial charge >= 0.3 is 0 Å². The minimum absolute atomic E-state index is 0.305. The van der Waals surface area contributed by atoms with Crippen molar-refractivity contribution >= 4 is 0 Å². The second-order valence-corrected chi connectivity index (χ2v) is 4.47. The van der Waals surface area contributed by atoms with Crippen LogP contribution in [0.25, 0.3) is 0 Å². The SMILES string of the molecule is NCC1(O)CCc2[nH]nc(C3CC3)c21. The molecule has 0 amide bonds. The number of fused-ring (bicyclic) bond motifs is 1. The van der Waals surface area contributed by atoms with Crippen molar-refractivity contribution in [3.05, 3.63) is 17.0 Å².